The van der Waals surface area contributed by atoms with Crippen molar-refractivity contribution in [3.8, 4) is 0 Å². The second-order valence-electron chi connectivity index (χ2n) is 5.15. The van der Waals surface area contributed by atoms with E-state index in [4.69, 9.17) is 4.43 Å². The van der Waals surface area contributed by atoms with Crippen molar-refractivity contribution in [1.82, 2.24) is 0 Å². The van der Waals surface area contributed by atoms with Gasteiger partial charge in [0, 0.05) is 5.92 Å². The molecule has 0 spiro atoms. The molecule has 1 atom stereocenters. The zero-order chi connectivity index (χ0) is 10.1. The minimum atomic E-state index is -1.39. The van der Waals surface area contributed by atoms with E-state index >= 15 is 0 Å². The molecule has 0 heterocycles. The molecule has 0 aromatic rings. The van der Waals surface area contributed by atoms with Gasteiger partial charge in [-0.2, -0.15) is 0 Å². The molecule has 76 valence electrons. The number of hydrogen-bond acceptors (Lipinski definition) is 1. The molecule has 0 saturated heterocycles. The van der Waals surface area contributed by atoms with Gasteiger partial charge in [0.25, 0.3) is 0 Å². The zero-order valence-electron chi connectivity index (χ0n) is 9.61. The topological polar surface area (TPSA) is 9.23 Å². The normalized spacial score (nSPS) is 24.8. The molecule has 13 heavy (non-hydrogen) atoms. The largest absolute Gasteiger partial charge is 0.547 e. The highest BCUT2D eigenvalue weighted by Gasteiger charge is 2.24. The molecule has 0 aliphatic heterocycles. The molecule has 0 bridgehead atoms. The van der Waals surface area contributed by atoms with Crippen molar-refractivity contribution in [2.24, 2.45) is 5.92 Å². The third kappa shape index (κ3) is 3.18. The quantitative estimate of drug-likeness (QED) is 0.611. The Bertz CT molecular complexity index is 213. The van der Waals surface area contributed by atoms with Crippen LogP contribution in [-0.2, 0) is 4.43 Å². The fourth-order valence-corrected chi connectivity index (χ4v) is 2.90. The van der Waals surface area contributed by atoms with E-state index in [1.54, 1.807) is 0 Å². The van der Waals surface area contributed by atoms with Crippen molar-refractivity contribution in [2.45, 2.75) is 52.8 Å². The first-order chi connectivity index (χ1) is 5.90. The molecule has 0 amide bonds. The fraction of sp³-hybridized carbons (Fsp3) is 0.818. The van der Waals surface area contributed by atoms with Crippen LogP contribution >= 0.6 is 0 Å². The molecule has 0 aromatic carbocycles. The van der Waals surface area contributed by atoms with Gasteiger partial charge in [0.2, 0.25) is 8.32 Å². The molecular weight excluding hydrogens is 176 g/mol. The summed E-state index contributed by atoms with van der Waals surface area (Å²) in [5.74, 6) is 1.96. The molecule has 1 unspecified atom stereocenters. The van der Waals surface area contributed by atoms with Crippen LogP contribution in [0.25, 0.3) is 0 Å². The van der Waals surface area contributed by atoms with Crippen LogP contribution in [0.1, 0.15) is 33.1 Å². The summed E-state index contributed by atoms with van der Waals surface area (Å²) < 4.78 is 6.12. The van der Waals surface area contributed by atoms with E-state index in [0.29, 0.717) is 5.92 Å². The summed E-state index contributed by atoms with van der Waals surface area (Å²) in [6.07, 6.45) is 3.88. The first kappa shape index (κ1) is 10.8. The molecule has 1 nitrogen and oxygen atoms in total. The van der Waals surface area contributed by atoms with E-state index in [2.05, 4.69) is 33.5 Å². The van der Waals surface area contributed by atoms with E-state index in [9.17, 15) is 0 Å². The van der Waals surface area contributed by atoms with Gasteiger partial charge in [0.05, 0.1) is 5.76 Å². The Labute approximate surface area is 83.3 Å². The van der Waals surface area contributed by atoms with E-state index < -0.39 is 8.32 Å². The van der Waals surface area contributed by atoms with Gasteiger partial charge in [-0.15, -0.1) is 0 Å². The highest BCUT2D eigenvalue weighted by atomic mass is 28.4. The minimum Gasteiger partial charge on any atom is -0.547 e. The van der Waals surface area contributed by atoms with Crippen LogP contribution in [0, 0.1) is 5.92 Å². The van der Waals surface area contributed by atoms with Crippen molar-refractivity contribution in [1.29, 1.82) is 0 Å². The number of hydrogen-bond donors (Lipinski definition) is 0. The summed E-state index contributed by atoms with van der Waals surface area (Å²) in [6.45, 7) is 11.3. The van der Waals surface area contributed by atoms with Gasteiger partial charge in [-0.05, 0) is 51.4 Å². The summed E-state index contributed by atoms with van der Waals surface area (Å²) in [7, 11) is -1.39. The Morgan fingerprint density at radius 2 is 1.92 bits per heavy atom. The predicted molar refractivity (Wildman–Crippen MR) is 60.1 cm³/mol. The van der Waals surface area contributed by atoms with Crippen LogP contribution in [0.3, 0.4) is 0 Å². The van der Waals surface area contributed by atoms with Crippen molar-refractivity contribution in [2.75, 3.05) is 0 Å². The van der Waals surface area contributed by atoms with Gasteiger partial charge in [0.1, 0.15) is 0 Å². The van der Waals surface area contributed by atoms with Crippen LogP contribution in [0.15, 0.2) is 11.3 Å². The predicted octanol–water partition coefficient (Wildman–Crippen LogP) is 3.93. The Kier molecular flexibility index (Phi) is 3.22. The van der Waals surface area contributed by atoms with E-state index in [1.807, 2.05) is 0 Å². The highest BCUT2D eigenvalue weighted by molar-refractivity contribution is 6.70. The monoisotopic (exact) mass is 198 g/mol. The van der Waals surface area contributed by atoms with Crippen LogP contribution in [0.2, 0.25) is 19.6 Å². The lowest BCUT2D eigenvalue weighted by Crippen LogP contribution is -2.28. The van der Waals surface area contributed by atoms with E-state index in [-0.39, 0.29) is 0 Å². The summed E-state index contributed by atoms with van der Waals surface area (Å²) in [4.78, 5) is 0. The first-order valence-electron chi connectivity index (χ1n) is 5.29. The lowest BCUT2D eigenvalue weighted by Gasteiger charge is -2.30. The molecule has 0 N–H and O–H groups in total. The van der Waals surface area contributed by atoms with Crippen LogP contribution < -0.4 is 0 Å². The average molecular weight is 198 g/mol. The minimum absolute atomic E-state index is 0.653. The molecule has 1 aliphatic rings. The second-order valence-corrected chi connectivity index (χ2v) is 9.58. The Balaban J connectivity index is 2.75. The van der Waals surface area contributed by atoms with Crippen LogP contribution in [-0.4, -0.2) is 8.32 Å². The smallest absolute Gasteiger partial charge is 0.241 e. The lowest BCUT2D eigenvalue weighted by molar-refractivity contribution is 0.315. The Morgan fingerprint density at radius 1 is 1.31 bits per heavy atom. The standard InChI is InChI=1S/C11H22OSi/c1-9-7-6-8-10(2)11(9)12-13(3,4)5/h9H,6-8H2,1-5H3. The molecule has 0 radical (unpaired) electrons. The molecule has 1 rings (SSSR count). The van der Waals surface area contributed by atoms with Crippen molar-refractivity contribution < 1.29 is 4.43 Å². The maximum atomic E-state index is 6.12. The number of rotatable bonds is 2. The molecule has 1 aliphatic carbocycles. The summed E-state index contributed by atoms with van der Waals surface area (Å²) in [5, 5.41) is 0. The SMILES string of the molecule is CC1=C(O[Si](C)(C)C)C(C)CCC1. The van der Waals surface area contributed by atoms with Gasteiger partial charge in [-0.25, -0.2) is 0 Å². The first-order valence-corrected chi connectivity index (χ1v) is 8.69. The Hall–Kier alpha value is -0.243. The van der Waals surface area contributed by atoms with E-state index in [0.717, 1.165) is 0 Å². The van der Waals surface area contributed by atoms with Gasteiger partial charge >= 0.3 is 0 Å². The molecule has 0 fully saturated rings. The molecule has 2 heteroatoms. The maximum absolute atomic E-state index is 6.12. The van der Waals surface area contributed by atoms with Crippen molar-refractivity contribution in [3.05, 3.63) is 11.3 Å². The molecule has 0 saturated carbocycles. The fourth-order valence-electron chi connectivity index (χ4n) is 1.87. The van der Waals surface area contributed by atoms with Gasteiger partial charge in [0.15, 0.2) is 0 Å². The summed E-state index contributed by atoms with van der Waals surface area (Å²) >= 11 is 0. The zero-order valence-corrected chi connectivity index (χ0v) is 10.6. The van der Waals surface area contributed by atoms with Gasteiger partial charge in [-0.1, -0.05) is 6.92 Å². The second kappa shape index (κ2) is 3.87. The Morgan fingerprint density at radius 3 is 2.38 bits per heavy atom. The summed E-state index contributed by atoms with van der Waals surface area (Å²) in [6, 6.07) is 0. The van der Waals surface area contributed by atoms with Crippen LogP contribution in [0.5, 0.6) is 0 Å². The van der Waals surface area contributed by atoms with E-state index in [1.165, 1.54) is 30.6 Å². The van der Waals surface area contributed by atoms with Gasteiger partial charge in [-0.3, -0.25) is 0 Å². The average Bonchev–Trinajstić information content (AvgIpc) is 1.95. The molecule has 0 aromatic heterocycles. The van der Waals surface area contributed by atoms with Crippen molar-refractivity contribution in [3.63, 3.8) is 0 Å². The van der Waals surface area contributed by atoms with Crippen molar-refractivity contribution >= 4 is 8.32 Å². The summed E-state index contributed by atoms with van der Waals surface area (Å²) in [5.41, 5.74) is 1.49. The third-order valence-electron chi connectivity index (χ3n) is 2.47. The third-order valence-corrected chi connectivity index (χ3v) is 3.31. The highest BCUT2D eigenvalue weighted by Crippen LogP contribution is 2.32. The lowest BCUT2D eigenvalue weighted by atomic mass is 9.91. The number of allylic oxidation sites excluding steroid dienone is 2. The van der Waals surface area contributed by atoms with Crippen LogP contribution in [0.4, 0.5) is 0 Å². The maximum Gasteiger partial charge on any atom is 0.241 e. The molecular formula is C11H22OSi. The van der Waals surface area contributed by atoms with Gasteiger partial charge < -0.3 is 4.43 Å².